The molecule has 1 N–H and O–H groups in total. The van der Waals surface area contributed by atoms with Crippen molar-refractivity contribution in [1.29, 1.82) is 0 Å². The van der Waals surface area contributed by atoms with Gasteiger partial charge >= 0.3 is 0 Å². The molecule has 0 aromatic heterocycles. The van der Waals surface area contributed by atoms with Gasteiger partial charge in [0.2, 0.25) is 10.0 Å². The van der Waals surface area contributed by atoms with E-state index in [-0.39, 0.29) is 27.3 Å². The minimum absolute atomic E-state index is 0. The van der Waals surface area contributed by atoms with Crippen LogP contribution in [0.4, 0.5) is 0 Å². The second kappa shape index (κ2) is 7.99. The Morgan fingerprint density at radius 1 is 1.38 bits per heavy atom. The smallest absolute Gasteiger partial charge is 0.244 e. The van der Waals surface area contributed by atoms with Crippen molar-refractivity contribution in [1.82, 2.24) is 9.62 Å². The standard InChI is InChI=1S/C13H18Cl2N2O2S.ClH/c1-16-8-10-4-3-7-17(9-10)20(18,19)12-6-2-5-11(14)13(12)15;/h2,5-6,10,16H,3-4,7-9H2,1H3;1H. The molecule has 1 atom stereocenters. The van der Waals surface area contributed by atoms with Crippen LogP contribution in [-0.2, 0) is 10.0 Å². The average molecular weight is 374 g/mol. The molecule has 0 spiro atoms. The molecule has 4 nitrogen and oxygen atoms in total. The van der Waals surface area contributed by atoms with E-state index in [0.29, 0.717) is 19.0 Å². The molecule has 1 aromatic rings. The summed E-state index contributed by atoms with van der Waals surface area (Å²) in [4.78, 5) is 0.0942. The van der Waals surface area contributed by atoms with Crippen molar-refractivity contribution in [3.8, 4) is 0 Å². The van der Waals surface area contributed by atoms with Crippen LogP contribution in [0.5, 0.6) is 0 Å². The lowest BCUT2D eigenvalue weighted by atomic mass is 10.00. The molecule has 0 radical (unpaired) electrons. The Hall–Kier alpha value is -0.0400. The van der Waals surface area contributed by atoms with Crippen LogP contribution in [0, 0.1) is 5.92 Å². The molecule has 0 amide bonds. The van der Waals surface area contributed by atoms with Gasteiger partial charge in [-0.05, 0) is 44.5 Å². The highest BCUT2D eigenvalue weighted by atomic mass is 35.5. The van der Waals surface area contributed by atoms with Crippen LogP contribution in [0.25, 0.3) is 0 Å². The predicted molar refractivity (Wildman–Crippen MR) is 89.1 cm³/mol. The Morgan fingerprint density at radius 3 is 2.76 bits per heavy atom. The summed E-state index contributed by atoms with van der Waals surface area (Å²) in [6.07, 6.45) is 1.90. The van der Waals surface area contributed by atoms with Crippen molar-refractivity contribution in [2.24, 2.45) is 5.92 Å². The minimum atomic E-state index is -3.58. The fraction of sp³-hybridized carbons (Fsp3) is 0.538. The van der Waals surface area contributed by atoms with Crippen LogP contribution in [0.1, 0.15) is 12.8 Å². The first kappa shape index (κ1) is 19.0. The van der Waals surface area contributed by atoms with Gasteiger partial charge in [0.1, 0.15) is 4.90 Å². The highest BCUT2D eigenvalue weighted by molar-refractivity contribution is 7.89. The van der Waals surface area contributed by atoms with Gasteiger partial charge in [-0.25, -0.2) is 8.42 Å². The summed E-state index contributed by atoms with van der Waals surface area (Å²) in [6.45, 7) is 1.87. The zero-order valence-corrected chi connectivity index (χ0v) is 14.8. The Morgan fingerprint density at radius 2 is 2.10 bits per heavy atom. The molecule has 1 unspecified atom stereocenters. The van der Waals surface area contributed by atoms with E-state index in [9.17, 15) is 8.42 Å². The number of piperidine rings is 1. The largest absolute Gasteiger partial charge is 0.319 e. The van der Waals surface area contributed by atoms with E-state index in [1.807, 2.05) is 7.05 Å². The molecular formula is C13H19Cl3N2O2S. The Kier molecular flexibility index (Phi) is 7.24. The van der Waals surface area contributed by atoms with Gasteiger partial charge in [-0.2, -0.15) is 4.31 Å². The third kappa shape index (κ3) is 4.24. The number of hydrogen-bond donors (Lipinski definition) is 1. The summed E-state index contributed by atoms with van der Waals surface area (Å²) in [6, 6.07) is 4.70. The molecule has 8 heteroatoms. The number of sulfonamides is 1. The van der Waals surface area contributed by atoms with Crippen LogP contribution in [-0.4, -0.2) is 39.4 Å². The average Bonchev–Trinajstić information content (AvgIpc) is 2.42. The van der Waals surface area contributed by atoms with E-state index in [2.05, 4.69) is 5.32 Å². The third-order valence-electron chi connectivity index (χ3n) is 3.51. The van der Waals surface area contributed by atoms with Crippen molar-refractivity contribution in [3.63, 3.8) is 0 Å². The lowest BCUT2D eigenvalue weighted by Gasteiger charge is -2.32. The fourth-order valence-electron chi connectivity index (χ4n) is 2.52. The van der Waals surface area contributed by atoms with E-state index in [0.717, 1.165) is 19.4 Å². The van der Waals surface area contributed by atoms with E-state index in [1.165, 1.54) is 10.4 Å². The van der Waals surface area contributed by atoms with Crippen molar-refractivity contribution in [2.45, 2.75) is 17.7 Å². The molecule has 0 aliphatic carbocycles. The molecule has 1 saturated heterocycles. The quantitative estimate of drug-likeness (QED) is 0.882. The highest BCUT2D eigenvalue weighted by Crippen LogP contribution is 2.32. The van der Waals surface area contributed by atoms with Crippen molar-refractivity contribution >= 4 is 45.6 Å². The number of nitrogens with zero attached hydrogens (tertiary/aromatic N) is 1. The Balaban J connectivity index is 0.00000220. The van der Waals surface area contributed by atoms with Gasteiger partial charge in [0.25, 0.3) is 0 Å². The van der Waals surface area contributed by atoms with Gasteiger partial charge in [0.15, 0.2) is 0 Å². The van der Waals surface area contributed by atoms with Gasteiger partial charge in [-0.1, -0.05) is 29.3 Å². The van der Waals surface area contributed by atoms with Crippen LogP contribution in [0.3, 0.4) is 0 Å². The van der Waals surface area contributed by atoms with Gasteiger partial charge in [-0.3, -0.25) is 0 Å². The van der Waals surface area contributed by atoms with E-state index >= 15 is 0 Å². The van der Waals surface area contributed by atoms with Crippen molar-refractivity contribution in [3.05, 3.63) is 28.2 Å². The summed E-state index contributed by atoms with van der Waals surface area (Å²) >= 11 is 12.0. The molecule has 1 aliphatic heterocycles. The van der Waals surface area contributed by atoms with Gasteiger partial charge < -0.3 is 5.32 Å². The first-order valence-corrected chi connectivity index (χ1v) is 8.75. The number of benzene rings is 1. The summed E-state index contributed by atoms with van der Waals surface area (Å²) in [5, 5.41) is 3.46. The van der Waals surface area contributed by atoms with Crippen LogP contribution >= 0.6 is 35.6 Å². The third-order valence-corrected chi connectivity index (χ3v) is 6.35. The zero-order valence-electron chi connectivity index (χ0n) is 11.7. The topological polar surface area (TPSA) is 49.4 Å². The molecule has 1 fully saturated rings. The van der Waals surface area contributed by atoms with E-state index < -0.39 is 10.0 Å². The molecule has 0 bridgehead atoms. The minimum Gasteiger partial charge on any atom is -0.319 e. The molecule has 1 aliphatic rings. The van der Waals surface area contributed by atoms with Gasteiger partial charge in [0, 0.05) is 13.1 Å². The normalized spacial score (nSPS) is 20.0. The van der Waals surface area contributed by atoms with Crippen LogP contribution in [0.15, 0.2) is 23.1 Å². The second-order valence-corrected chi connectivity index (χ2v) is 7.67. The molecule has 0 saturated carbocycles. The first-order chi connectivity index (χ1) is 9.46. The zero-order chi connectivity index (χ0) is 14.8. The Bertz CT molecular complexity index is 579. The van der Waals surface area contributed by atoms with Gasteiger partial charge in [0.05, 0.1) is 10.0 Å². The van der Waals surface area contributed by atoms with Crippen LogP contribution in [0.2, 0.25) is 10.0 Å². The fourth-order valence-corrected chi connectivity index (χ4v) is 4.81. The maximum absolute atomic E-state index is 12.7. The number of nitrogens with one attached hydrogen (secondary N) is 1. The second-order valence-electron chi connectivity index (χ2n) is 4.98. The molecular weight excluding hydrogens is 355 g/mol. The van der Waals surface area contributed by atoms with E-state index in [4.69, 9.17) is 23.2 Å². The van der Waals surface area contributed by atoms with Crippen molar-refractivity contribution < 1.29 is 8.42 Å². The molecule has 21 heavy (non-hydrogen) atoms. The summed E-state index contributed by atoms with van der Waals surface area (Å²) in [7, 11) is -1.70. The number of rotatable bonds is 4. The SMILES string of the molecule is CNCC1CCCN(S(=O)(=O)c2cccc(Cl)c2Cl)C1.Cl. The summed E-state index contributed by atoms with van der Waals surface area (Å²) < 4.78 is 26.9. The van der Waals surface area contributed by atoms with Crippen LogP contribution < -0.4 is 5.32 Å². The molecule has 1 heterocycles. The monoisotopic (exact) mass is 372 g/mol. The predicted octanol–water partition coefficient (Wildman–Crippen LogP) is 3.04. The summed E-state index contributed by atoms with van der Waals surface area (Å²) in [5.41, 5.74) is 0. The number of halogens is 3. The lowest BCUT2D eigenvalue weighted by molar-refractivity contribution is 0.263. The van der Waals surface area contributed by atoms with E-state index in [1.54, 1.807) is 12.1 Å². The molecule has 2 rings (SSSR count). The number of hydrogen-bond acceptors (Lipinski definition) is 3. The lowest BCUT2D eigenvalue weighted by Crippen LogP contribution is -2.42. The maximum atomic E-state index is 12.7. The first-order valence-electron chi connectivity index (χ1n) is 6.55. The highest BCUT2D eigenvalue weighted by Gasteiger charge is 2.31. The van der Waals surface area contributed by atoms with Crippen molar-refractivity contribution in [2.75, 3.05) is 26.7 Å². The summed E-state index contributed by atoms with van der Waals surface area (Å²) in [5.74, 6) is 0.335. The molecule has 1 aromatic carbocycles. The maximum Gasteiger partial charge on any atom is 0.244 e. The molecule has 120 valence electrons. The van der Waals surface area contributed by atoms with Gasteiger partial charge in [-0.15, -0.1) is 12.4 Å². The Labute approximate surface area is 142 Å².